The number of carbonyl (C=O) groups is 1. The Morgan fingerprint density at radius 1 is 0.951 bits per heavy atom. The highest BCUT2D eigenvalue weighted by molar-refractivity contribution is 5.74. The van der Waals surface area contributed by atoms with Crippen LogP contribution in [0.2, 0.25) is 0 Å². The van der Waals surface area contributed by atoms with E-state index in [9.17, 15) is 9.18 Å². The number of methoxy groups -OCH3 is 1. The second kappa shape index (κ2) is 14.1. The number of epoxide rings is 1. The van der Waals surface area contributed by atoms with Crippen LogP contribution in [-0.2, 0) is 26.1 Å². The summed E-state index contributed by atoms with van der Waals surface area (Å²) < 4.78 is 25.1. The lowest BCUT2D eigenvalue weighted by Crippen LogP contribution is -2.26. The molecule has 0 aliphatic carbocycles. The number of rotatable bonds is 10. The largest absolute Gasteiger partial charge is 0.469 e. The second-order valence-corrected chi connectivity index (χ2v) is 11.2. The number of ether oxygens (including phenoxy) is 2. The number of halogens is 1. The maximum Gasteiger partial charge on any atom is 0.310 e. The third-order valence-electron chi connectivity index (χ3n) is 8.42. The van der Waals surface area contributed by atoms with Crippen molar-refractivity contribution in [1.29, 1.82) is 0 Å². The van der Waals surface area contributed by atoms with Crippen molar-refractivity contribution in [2.75, 3.05) is 13.7 Å². The molecule has 0 N–H and O–H groups in total. The third-order valence-corrected chi connectivity index (χ3v) is 8.42. The summed E-state index contributed by atoms with van der Waals surface area (Å²) in [6.45, 7) is 16.0. The van der Waals surface area contributed by atoms with E-state index in [1.165, 1.54) is 41.9 Å². The van der Waals surface area contributed by atoms with Gasteiger partial charge in [-0.1, -0.05) is 95.6 Å². The van der Waals surface area contributed by atoms with E-state index in [2.05, 4.69) is 102 Å². The van der Waals surface area contributed by atoms with E-state index in [-0.39, 0.29) is 17.4 Å². The van der Waals surface area contributed by atoms with Crippen molar-refractivity contribution in [2.24, 2.45) is 0 Å². The Kier molecular flexibility index (Phi) is 11.1. The standard InChI is InChI=1S/C34H39FO3.C3H8/c1-7-33(22-38-33)17-16-25-12-13-28(18-23(25)4)34(8-2,9-3)29-14-15-30(24(5)19-29)26-10-11-27(31(35)20-26)21-32(36)37-6;1-3-2/h10-20H,7-9,21-22H2,1-6H3;3H2,1-2H3/b17-16+;. The number of esters is 1. The number of benzene rings is 3. The summed E-state index contributed by atoms with van der Waals surface area (Å²) >= 11 is 0. The van der Waals surface area contributed by atoms with Crippen LogP contribution in [0.15, 0.2) is 60.7 Å². The molecule has 4 heteroatoms. The highest BCUT2D eigenvalue weighted by Gasteiger charge is 2.39. The van der Waals surface area contributed by atoms with Crippen molar-refractivity contribution in [2.45, 2.75) is 91.6 Å². The van der Waals surface area contributed by atoms with Crippen LogP contribution in [0.3, 0.4) is 0 Å². The van der Waals surface area contributed by atoms with Crippen molar-refractivity contribution in [3.8, 4) is 11.1 Å². The summed E-state index contributed by atoms with van der Waals surface area (Å²) in [5, 5.41) is 0. The Bertz CT molecular complexity index is 1360. The van der Waals surface area contributed by atoms with Crippen LogP contribution in [0.4, 0.5) is 4.39 Å². The maximum atomic E-state index is 14.8. The summed E-state index contributed by atoms with van der Waals surface area (Å²) in [5.41, 5.74) is 8.11. The monoisotopic (exact) mass is 558 g/mol. The Hall–Kier alpha value is -3.24. The van der Waals surface area contributed by atoms with Crippen LogP contribution < -0.4 is 0 Å². The molecule has 41 heavy (non-hydrogen) atoms. The van der Waals surface area contributed by atoms with E-state index in [0.717, 1.165) is 42.6 Å². The Morgan fingerprint density at radius 3 is 2.05 bits per heavy atom. The predicted molar refractivity (Wildman–Crippen MR) is 169 cm³/mol. The van der Waals surface area contributed by atoms with E-state index in [4.69, 9.17) is 4.74 Å². The van der Waals surface area contributed by atoms with Gasteiger partial charge in [0.2, 0.25) is 0 Å². The molecule has 1 heterocycles. The van der Waals surface area contributed by atoms with Gasteiger partial charge in [0, 0.05) is 5.41 Å². The third kappa shape index (κ3) is 7.35. The summed E-state index contributed by atoms with van der Waals surface area (Å²) in [7, 11) is 1.31. The van der Waals surface area contributed by atoms with Gasteiger partial charge in [-0.05, 0) is 89.8 Å². The average molecular weight is 559 g/mol. The minimum absolute atomic E-state index is 0.0639. The van der Waals surface area contributed by atoms with Crippen molar-refractivity contribution in [3.05, 3.63) is 99.9 Å². The van der Waals surface area contributed by atoms with Crippen LogP contribution in [0.1, 0.15) is 93.7 Å². The van der Waals surface area contributed by atoms with Gasteiger partial charge in [-0.25, -0.2) is 4.39 Å². The van der Waals surface area contributed by atoms with Crippen LogP contribution in [0, 0.1) is 19.7 Å². The molecule has 1 aliphatic heterocycles. The molecule has 1 saturated heterocycles. The fourth-order valence-corrected chi connectivity index (χ4v) is 5.52. The summed E-state index contributed by atoms with van der Waals surface area (Å²) in [4.78, 5) is 11.6. The normalized spacial score (nSPS) is 16.3. The zero-order valence-electron chi connectivity index (χ0n) is 26.2. The molecule has 1 unspecified atom stereocenters. The van der Waals surface area contributed by atoms with Gasteiger partial charge in [0.15, 0.2) is 0 Å². The molecule has 1 aliphatic rings. The summed E-state index contributed by atoms with van der Waals surface area (Å²) in [6.07, 6.45) is 8.52. The SMILES string of the molecule is CCC.CCC1(/C=C/c2ccc(C(CC)(CC)c3ccc(-c4ccc(CC(=O)OC)c(F)c4)c(C)c3)cc2C)CO1. The van der Waals surface area contributed by atoms with Gasteiger partial charge in [0.1, 0.15) is 11.4 Å². The fourth-order valence-electron chi connectivity index (χ4n) is 5.52. The molecule has 3 nitrogen and oxygen atoms in total. The zero-order chi connectivity index (χ0) is 30.2. The lowest BCUT2D eigenvalue weighted by molar-refractivity contribution is -0.139. The van der Waals surface area contributed by atoms with E-state index in [1.54, 1.807) is 6.07 Å². The first-order valence-corrected chi connectivity index (χ1v) is 15.0. The van der Waals surface area contributed by atoms with Crippen LogP contribution in [-0.4, -0.2) is 25.3 Å². The van der Waals surface area contributed by atoms with E-state index in [0.29, 0.717) is 5.56 Å². The number of hydrogen-bond donors (Lipinski definition) is 0. The molecule has 4 rings (SSSR count). The number of aryl methyl sites for hydroxylation is 2. The summed E-state index contributed by atoms with van der Waals surface area (Å²) in [6, 6.07) is 18.4. The number of hydrogen-bond acceptors (Lipinski definition) is 3. The van der Waals surface area contributed by atoms with Crippen LogP contribution >= 0.6 is 0 Å². The Morgan fingerprint density at radius 2 is 1.56 bits per heavy atom. The zero-order valence-corrected chi connectivity index (χ0v) is 26.2. The van der Waals surface area contributed by atoms with Crippen LogP contribution in [0.25, 0.3) is 17.2 Å². The Balaban J connectivity index is 0.00000147. The fraction of sp³-hybridized carbons (Fsp3) is 0.432. The first-order chi connectivity index (χ1) is 19.6. The molecule has 3 aromatic carbocycles. The minimum Gasteiger partial charge on any atom is -0.469 e. The minimum atomic E-state index is -0.450. The van der Waals surface area contributed by atoms with Gasteiger partial charge in [-0.2, -0.15) is 0 Å². The molecule has 0 saturated carbocycles. The molecular formula is C37H47FO3. The molecule has 220 valence electrons. The van der Waals surface area contributed by atoms with Gasteiger partial charge in [-0.3, -0.25) is 4.79 Å². The topological polar surface area (TPSA) is 38.8 Å². The highest BCUT2D eigenvalue weighted by Crippen LogP contribution is 2.41. The van der Waals surface area contributed by atoms with E-state index >= 15 is 0 Å². The Labute approximate surface area is 246 Å². The van der Waals surface area contributed by atoms with Crippen LogP contribution in [0.5, 0.6) is 0 Å². The molecule has 0 bridgehead atoms. The van der Waals surface area contributed by atoms with Crippen molar-refractivity contribution < 1.29 is 18.7 Å². The second-order valence-electron chi connectivity index (χ2n) is 11.2. The smallest absolute Gasteiger partial charge is 0.310 e. The molecule has 3 aromatic rings. The lowest BCUT2D eigenvalue weighted by atomic mass is 9.69. The predicted octanol–water partition coefficient (Wildman–Crippen LogP) is 9.54. The molecule has 0 amide bonds. The van der Waals surface area contributed by atoms with Crippen molar-refractivity contribution in [3.63, 3.8) is 0 Å². The lowest BCUT2D eigenvalue weighted by Gasteiger charge is -2.34. The summed E-state index contributed by atoms with van der Waals surface area (Å²) in [5.74, 6) is -0.843. The van der Waals surface area contributed by atoms with Gasteiger partial charge in [0.05, 0.1) is 20.1 Å². The van der Waals surface area contributed by atoms with Crippen molar-refractivity contribution >= 4 is 12.0 Å². The number of carbonyl (C=O) groups excluding carboxylic acids is 1. The maximum absolute atomic E-state index is 14.8. The molecule has 1 atom stereocenters. The average Bonchev–Trinajstić information content (AvgIpc) is 3.75. The highest BCUT2D eigenvalue weighted by atomic mass is 19.1. The molecule has 1 fully saturated rings. The first-order valence-electron chi connectivity index (χ1n) is 15.0. The van der Waals surface area contributed by atoms with E-state index in [1.807, 2.05) is 6.07 Å². The molecule has 0 spiro atoms. The van der Waals surface area contributed by atoms with Gasteiger partial charge >= 0.3 is 5.97 Å². The molecular weight excluding hydrogens is 511 g/mol. The van der Waals surface area contributed by atoms with E-state index < -0.39 is 11.8 Å². The van der Waals surface area contributed by atoms with Gasteiger partial charge < -0.3 is 9.47 Å². The first kappa shape index (κ1) is 32.3. The van der Waals surface area contributed by atoms with Gasteiger partial charge in [0.25, 0.3) is 0 Å². The quantitative estimate of drug-likeness (QED) is 0.184. The van der Waals surface area contributed by atoms with Gasteiger partial charge in [-0.15, -0.1) is 0 Å². The van der Waals surface area contributed by atoms with Crippen molar-refractivity contribution in [1.82, 2.24) is 0 Å². The molecule has 0 aromatic heterocycles. The molecule has 0 radical (unpaired) electrons.